The molecule has 1 saturated carbocycles. The van der Waals surface area contributed by atoms with Crippen LogP contribution in [0, 0.1) is 0 Å². The smallest absolute Gasteiger partial charge is 0.0710 e. The summed E-state index contributed by atoms with van der Waals surface area (Å²) < 4.78 is 11.4. The average Bonchev–Trinajstić information content (AvgIpc) is 2.82. The molecule has 0 aromatic carbocycles. The molecule has 1 N–H and O–H groups in total. The first kappa shape index (κ1) is 16.2. The maximum atomic E-state index is 6.42. The van der Waals surface area contributed by atoms with E-state index in [9.17, 15) is 0 Å². The monoisotopic (exact) mass is 284 g/mol. The summed E-state index contributed by atoms with van der Waals surface area (Å²) in [5.41, 5.74) is 0.264. The van der Waals surface area contributed by atoms with Crippen molar-refractivity contribution in [1.29, 1.82) is 0 Å². The number of hydrogen-bond donors (Lipinski definition) is 1. The molecule has 1 heterocycles. The maximum absolute atomic E-state index is 6.42. The quantitative estimate of drug-likeness (QED) is 0.692. The van der Waals surface area contributed by atoms with Crippen LogP contribution in [-0.4, -0.2) is 63.5 Å². The van der Waals surface area contributed by atoms with Crippen LogP contribution in [0.25, 0.3) is 0 Å². The van der Waals surface area contributed by atoms with Gasteiger partial charge in [0.15, 0.2) is 0 Å². The van der Waals surface area contributed by atoms with Gasteiger partial charge in [0, 0.05) is 33.3 Å². The van der Waals surface area contributed by atoms with Crippen molar-refractivity contribution < 1.29 is 9.47 Å². The van der Waals surface area contributed by atoms with Crippen LogP contribution in [0.3, 0.4) is 0 Å². The summed E-state index contributed by atoms with van der Waals surface area (Å²) in [5.74, 6) is 0. The predicted molar refractivity (Wildman–Crippen MR) is 82.2 cm³/mol. The van der Waals surface area contributed by atoms with E-state index < -0.39 is 0 Å². The highest BCUT2D eigenvalue weighted by molar-refractivity contribution is 4.91. The lowest BCUT2D eigenvalue weighted by Gasteiger charge is -2.34. The number of nitrogens with zero attached hydrogens (tertiary/aromatic N) is 1. The second-order valence-corrected chi connectivity index (χ2v) is 6.53. The first-order chi connectivity index (χ1) is 9.74. The SMILES string of the molecule is COCCNCCN(C)CC1CCC2(CCCCC2)O1. The zero-order chi connectivity index (χ0) is 14.3. The Morgan fingerprint density at radius 3 is 2.75 bits per heavy atom. The highest BCUT2D eigenvalue weighted by atomic mass is 16.5. The molecule has 1 atom stereocenters. The van der Waals surface area contributed by atoms with Gasteiger partial charge in [-0.3, -0.25) is 0 Å². The summed E-state index contributed by atoms with van der Waals surface area (Å²) in [4.78, 5) is 2.40. The Kier molecular flexibility index (Phi) is 6.75. The van der Waals surface area contributed by atoms with E-state index >= 15 is 0 Å². The molecule has 1 aliphatic heterocycles. The molecule has 4 nitrogen and oxygen atoms in total. The zero-order valence-electron chi connectivity index (χ0n) is 13.3. The molecule has 0 bridgehead atoms. The van der Waals surface area contributed by atoms with Crippen molar-refractivity contribution in [3.8, 4) is 0 Å². The van der Waals surface area contributed by atoms with Crippen LogP contribution in [0.5, 0.6) is 0 Å². The molecule has 1 unspecified atom stereocenters. The molecular formula is C16H32N2O2. The Labute approximate surface area is 124 Å². The minimum absolute atomic E-state index is 0.264. The van der Waals surface area contributed by atoms with E-state index in [1.54, 1.807) is 7.11 Å². The Balaban J connectivity index is 1.59. The largest absolute Gasteiger partial charge is 0.383 e. The van der Waals surface area contributed by atoms with Crippen molar-refractivity contribution in [3.05, 3.63) is 0 Å². The van der Waals surface area contributed by atoms with Crippen molar-refractivity contribution >= 4 is 0 Å². The van der Waals surface area contributed by atoms with Crippen LogP contribution < -0.4 is 5.32 Å². The van der Waals surface area contributed by atoms with Crippen LogP contribution >= 0.6 is 0 Å². The van der Waals surface area contributed by atoms with Crippen molar-refractivity contribution in [3.63, 3.8) is 0 Å². The number of nitrogens with one attached hydrogen (secondary N) is 1. The topological polar surface area (TPSA) is 33.7 Å². The van der Waals surface area contributed by atoms with Gasteiger partial charge in [0.05, 0.1) is 18.3 Å². The lowest BCUT2D eigenvalue weighted by Crippen LogP contribution is -2.37. The van der Waals surface area contributed by atoms with Gasteiger partial charge in [-0.1, -0.05) is 19.3 Å². The van der Waals surface area contributed by atoms with Gasteiger partial charge in [0.1, 0.15) is 0 Å². The Hall–Kier alpha value is -0.160. The fraction of sp³-hybridized carbons (Fsp3) is 1.00. The number of rotatable bonds is 8. The molecular weight excluding hydrogens is 252 g/mol. The summed E-state index contributed by atoms with van der Waals surface area (Å²) in [5, 5.41) is 3.39. The molecule has 0 aromatic rings. The second-order valence-electron chi connectivity index (χ2n) is 6.53. The fourth-order valence-electron chi connectivity index (χ4n) is 3.60. The van der Waals surface area contributed by atoms with E-state index in [0.717, 1.165) is 32.8 Å². The van der Waals surface area contributed by atoms with E-state index in [1.165, 1.54) is 44.9 Å². The molecule has 118 valence electrons. The highest BCUT2D eigenvalue weighted by Gasteiger charge is 2.40. The molecule has 1 saturated heterocycles. The van der Waals surface area contributed by atoms with Crippen molar-refractivity contribution in [1.82, 2.24) is 10.2 Å². The van der Waals surface area contributed by atoms with E-state index in [-0.39, 0.29) is 5.60 Å². The standard InChI is InChI=1S/C16H32N2O2/c1-18(12-10-17-11-13-19-2)14-15-6-9-16(20-15)7-4-3-5-8-16/h15,17H,3-14H2,1-2H3. The molecule has 2 rings (SSSR count). The lowest BCUT2D eigenvalue weighted by atomic mass is 9.83. The molecule has 1 spiro atoms. The van der Waals surface area contributed by atoms with Gasteiger partial charge in [-0.25, -0.2) is 0 Å². The third-order valence-corrected chi connectivity index (χ3v) is 4.77. The number of hydrogen-bond acceptors (Lipinski definition) is 4. The summed E-state index contributed by atoms with van der Waals surface area (Å²) >= 11 is 0. The van der Waals surface area contributed by atoms with Crippen molar-refractivity contribution in [2.24, 2.45) is 0 Å². The van der Waals surface area contributed by atoms with E-state index in [2.05, 4.69) is 17.3 Å². The second kappa shape index (κ2) is 8.32. The third kappa shape index (κ3) is 4.99. The van der Waals surface area contributed by atoms with Gasteiger partial charge in [0.25, 0.3) is 0 Å². The van der Waals surface area contributed by atoms with Crippen LogP contribution in [-0.2, 0) is 9.47 Å². The van der Waals surface area contributed by atoms with E-state index in [0.29, 0.717) is 6.10 Å². The molecule has 20 heavy (non-hydrogen) atoms. The Morgan fingerprint density at radius 1 is 1.20 bits per heavy atom. The first-order valence-electron chi connectivity index (χ1n) is 8.30. The van der Waals surface area contributed by atoms with Crippen molar-refractivity contribution in [2.45, 2.75) is 56.7 Å². The summed E-state index contributed by atoms with van der Waals surface area (Å²) in [6.45, 7) is 4.91. The zero-order valence-corrected chi connectivity index (χ0v) is 13.3. The lowest BCUT2D eigenvalue weighted by molar-refractivity contribution is -0.0700. The Bertz CT molecular complexity index is 267. The average molecular weight is 284 g/mol. The van der Waals surface area contributed by atoms with Gasteiger partial charge >= 0.3 is 0 Å². The van der Waals surface area contributed by atoms with E-state index in [4.69, 9.17) is 9.47 Å². The molecule has 0 aromatic heterocycles. The molecule has 4 heteroatoms. The maximum Gasteiger partial charge on any atom is 0.0710 e. The van der Waals surface area contributed by atoms with Gasteiger partial charge in [-0.2, -0.15) is 0 Å². The summed E-state index contributed by atoms with van der Waals surface area (Å²) in [7, 11) is 3.94. The van der Waals surface area contributed by atoms with E-state index in [1.807, 2.05) is 0 Å². The Morgan fingerprint density at radius 2 is 2.00 bits per heavy atom. The van der Waals surface area contributed by atoms with Gasteiger partial charge < -0.3 is 19.7 Å². The molecule has 2 fully saturated rings. The minimum atomic E-state index is 0.264. The third-order valence-electron chi connectivity index (χ3n) is 4.77. The normalized spacial score (nSPS) is 25.6. The van der Waals surface area contributed by atoms with Gasteiger partial charge in [-0.15, -0.1) is 0 Å². The minimum Gasteiger partial charge on any atom is -0.383 e. The summed E-state index contributed by atoms with van der Waals surface area (Å²) in [6, 6.07) is 0. The van der Waals surface area contributed by atoms with Gasteiger partial charge in [0.2, 0.25) is 0 Å². The van der Waals surface area contributed by atoms with Crippen molar-refractivity contribution in [2.75, 3.05) is 46.9 Å². The van der Waals surface area contributed by atoms with Crippen LogP contribution in [0.15, 0.2) is 0 Å². The molecule has 2 aliphatic rings. The highest BCUT2D eigenvalue weighted by Crippen LogP contribution is 2.41. The van der Waals surface area contributed by atoms with Crippen LogP contribution in [0.1, 0.15) is 44.9 Å². The number of methoxy groups -OCH3 is 1. The number of likely N-dealkylation sites (N-methyl/N-ethyl adjacent to an activating group) is 1. The molecule has 0 amide bonds. The van der Waals surface area contributed by atoms with Gasteiger partial charge in [-0.05, 0) is 32.7 Å². The molecule has 1 aliphatic carbocycles. The van der Waals surface area contributed by atoms with Crippen LogP contribution in [0.4, 0.5) is 0 Å². The predicted octanol–water partition coefficient (Wildman–Crippen LogP) is 2.04. The fourth-order valence-corrected chi connectivity index (χ4v) is 3.60. The first-order valence-corrected chi connectivity index (χ1v) is 8.30. The van der Waals surface area contributed by atoms with Crippen LogP contribution in [0.2, 0.25) is 0 Å². The summed E-state index contributed by atoms with van der Waals surface area (Å²) in [6.07, 6.45) is 9.73. The molecule has 0 radical (unpaired) electrons. The number of ether oxygens (including phenoxy) is 2.